The van der Waals surface area contributed by atoms with E-state index in [1.807, 2.05) is 0 Å². The monoisotopic (exact) mass is 193 g/mol. The van der Waals surface area contributed by atoms with E-state index in [9.17, 15) is 0 Å². The van der Waals surface area contributed by atoms with Gasteiger partial charge in [0.25, 0.3) is 0 Å². The first-order valence-corrected chi connectivity index (χ1v) is 4.95. The van der Waals surface area contributed by atoms with Crippen LogP contribution in [-0.4, -0.2) is 29.2 Å². The van der Waals surface area contributed by atoms with Gasteiger partial charge in [0.05, 0.1) is 12.4 Å². The summed E-state index contributed by atoms with van der Waals surface area (Å²) in [6.07, 6.45) is 3.80. The molecule has 2 rings (SSSR count). The fourth-order valence-electron chi connectivity index (χ4n) is 1.22. The molecule has 0 unspecified atom stereocenters. The summed E-state index contributed by atoms with van der Waals surface area (Å²) in [6.45, 7) is 6.00. The van der Waals surface area contributed by atoms with Crippen molar-refractivity contribution >= 4 is 0 Å². The van der Waals surface area contributed by atoms with Gasteiger partial charge >= 0.3 is 0 Å². The van der Waals surface area contributed by atoms with Gasteiger partial charge in [0.1, 0.15) is 11.9 Å². The standard InChI is InChI=1S/C10H15N3O/c1-7(2)10-12-5-9(6-13-10)14-8-3-11-4-8/h5-8,11H,3-4H2,1-2H3. The molecule has 0 aromatic carbocycles. The fraction of sp³-hybridized carbons (Fsp3) is 0.600. The van der Waals surface area contributed by atoms with E-state index < -0.39 is 0 Å². The van der Waals surface area contributed by atoms with Crippen LogP contribution in [0.4, 0.5) is 0 Å². The Morgan fingerprint density at radius 1 is 1.36 bits per heavy atom. The molecule has 0 amide bonds. The van der Waals surface area contributed by atoms with Crippen LogP contribution in [0.5, 0.6) is 5.75 Å². The molecular weight excluding hydrogens is 178 g/mol. The maximum atomic E-state index is 5.60. The number of nitrogens with zero attached hydrogens (tertiary/aromatic N) is 2. The second-order valence-electron chi connectivity index (χ2n) is 3.83. The van der Waals surface area contributed by atoms with Crippen LogP contribution < -0.4 is 10.1 Å². The molecule has 1 N–H and O–H groups in total. The fourth-order valence-corrected chi connectivity index (χ4v) is 1.22. The van der Waals surface area contributed by atoms with Gasteiger partial charge in [-0.15, -0.1) is 0 Å². The van der Waals surface area contributed by atoms with E-state index in [0.29, 0.717) is 12.0 Å². The Hall–Kier alpha value is -1.16. The highest BCUT2D eigenvalue weighted by Gasteiger charge is 2.18. The average molecular weight is 193 g/mol. The zero-order valence-electron chi connectivity index (χ0n) is 8.53. The maximum absolute atomic E-state index is 5.60. The first-order valence-electron chi connectivity index (χ1n) is 4.95. The molecule has 14 heavy (non-hydrogen) atoms. The van der Waals surface area contributed by atoms with Crippen molar-refractivity contribution in [3.05, 3.63) is 18.2 Å². The number of aromatic nitrogens is 2. The molecular formula is C10H15N3O. The normalized spacial score (nSPS) is 16.8. The lowest BCUT2D eigenvalue weighted by molar-refractivity contribution is 0.141. The van der Waals surface area contributed by atoms with Crippen LogP contribution in [0.3, 0.4) is 0 Å². The van der Waals surface area contributed by atoms with Gasteiger partial charge in [-0.1, -0.05) is 13.8 Å². The lowest BCUT2D eigenvalue weighted by Crippen LogP contribution is -2.50. The van der Waals surface area contributed by atoms with Gasteiger partial charge in [0, 0.05) is 19.0 Å². The molecule has 1 fully saturated rings. The van der Waals surface area contributed by atoms with Gasteiger partial charge in [0.2, 0.25) is 0 Å². The molecule has 4 heteroatoms. The van der Waals surface area contributed by atoms with E-state index in [2.05, 4.69) is 29.1 Å². The van der Waals surface area contributed by atoms with Crippen molar-refractivity contribution in [1.29, 1.82) is 0 Å². The molecule has 1 aliphatic rings. The zero-order valence-corrected chi connectivity index (χ0v) is 8.53. The molecule has 1 aromatic rings. The first-order chi connectivity index (χ1) is 6.75. The molecule has 0 saturated carbocycles. The van der Waals surface area contributed by atoms with Crippen molar-refractivity contribution in [3.8, 4) is 5.75 Å². The third-order valence-electron chi connectivity index (χ3n) is 2.21. The lowest BCUT2D eigenvalue weighted by atomic mass is 10.2. The number of hydrogen-bond donors (Lipinski definition) is 1. The Morgan fingerprint density at radius 3 is 2.43 bits per heavy atom. The largest absolute Gasteiger partial charge is 0.485 e. The summed E-state index contributed by atoms with van der Waals surface area (Å²) in [7, 11) is 0. The van der Waals surface area contributed by atoms with Crippen molar-refractivity contribution in [2.24, 2.45) is 0 Å². The summed E-state index contributed by atoms with van der Waals surface area (Å²) >= 11 is 0. The minimum Gasteiger partial charge on any atom is -0.485 e. The molecule has 0 spiro atoms. The van der Waals surface area contributed by atoms with E-state index in [-0.39, 0.29) is 0 Å². The van der Waals surface area contributed by atoms with E-state index >= 15 is 0 Å². The highest BCUT2D eigenvalue weighted by molar-refractivity contribution is 5.14. The van der Waals surface area contributed by atoms with Crippen molar-refractivity contribution in [2.45, 2.75) is 25.9 Å². The van der Waals surface area contributed by atoms with Gasteiger partial charge in [-0.25, -0.2) is 9.97 Å². The molecule has 76 valence electrons. The third-order valence-corrected chi connectivity index (χ3v) is 2.21. The smallest absolute Gasteiger partial charge is 0.156 e. The lowest BCUT2D eigenvalue weighted by Gasteiger charge is -2.27. The second-order valence-corrected chi connectivity index (χ2v) is 3.83. The Morgan fingerprint density at radius 2 is 2.00 bits per heavy atom. The molecule has 0 aliphatic carbocycles. The molecule has 0 radical (unpaired) electrons. The highest BCUT2D eigenvalue weighted by atomic mass is 16.5. The van der Waals surface area contributed by atoms with Crippen LogP contribution >= 0.6 is 0 Å². The van der Waals surface area contributed by atoms with Crippen LogP contribution in [0, 0.1) is 0 Å². The van der Waals surface area contributed by atoms with Crippen molar-refractivity contribution in [1.82, 2.24) is 15.3 Å². The van der Waals surface area contributed by atoms with Crippen LogP contribution in [0.25, 0.3) is 0 Å². The van der Waals surface area contributed by atoms with Crippen LogP contribution in [0.2, 0.25) is 0 Å². The van der Waals surface area contributed by atoms with Crippen LogP contribution in [0.1, 0.15) is 25.6 Å². The van der Waals surface area contributed by atoms with E-state index in [0.717, 1.165) is 24.7 Å². The summed E-state index contributed by atoms with van der Waals surface area (Å²) in [4.78, 5) is 8.47. The molecule has 1 aromatic heterocycles. The Bertz CT molecular complexity index is 293. The van der Waals surface area contributed by atoms with Gasteiger partial charge in [-0.3, -0.25) is 0 Å². The Balaban J connectivity index is 1.98. The van der Waals surface area contributed by atoms with Gasteiger partial charge in [-0.05, 0) is 0 Å². The molecule has 2 heterocycles. The summed E-state index contributed by atoms with van der Waals surface area (Å²) in [6, 6.07) is 0. The van der Waals surface area contributed by atoms with Crippen molar-refractivity contribution in [3.63, 3.8) is 0 Å². The second kappa shape index (κ2) is 3.92. The molecule has 0 atom stereocenters. The minimum absolute atomic E-state index is 0.295. The van der Waals surface area contributed by atoms with Crippen molar-refractivity contribution < 1.29 is 4.74 Å². The molecule has 1 saturated heterocycles. The minimum atomic E-state index is 0.295. The topological polar surface area (TPSA) is 47.0 Å². The molecule has 4 nitrogen and oxygen atoms in total. The van der Waals surface area contributed by atoms with Gasteiger partial charge in [-0.2, -0.15) is 0 Å². The summed E-state index contributed by atoms with van der Waals surface area (Å²) in [5.74, 6) is 2.00. The van der Waals surface area contributed by atoms with Crippen LogP contribution in [0.15, 0.2) is 12.4 Å². The predicted octanol–water partition coefficient (Wildman–Crippen LogP) is 0.951. The number of rotatable bonds is 3. The SMILES string of the molecule is CC(C)c1ncc(OC2CNC2)cn1. The first kappa shape index (κ1) is 9.40. The predicted molar refractivity (Wildman–Crippen MR) is 53.4 cm³/mol. The Kier molecular flexibility index (Phi) is 2.63. The molecule has 0 bridgehead atoms. The summed E-state index contributed by atoms with van der Waals surface area (Å²) < 4.78 is 5.60. The van der Waals surface area contributed by atoms with Gasteiger partial charge < -0.3 is 10.1 Å². The zero-order chi connectivity index (χ0) is 9.97. The number of ether oxygens (including phenoxy) is 1. The van der Waals surface area contributed by atoms with E-state index in [1.165, 1.54) is 0 Å². The van der Waals surface area contributed by atoms with Crippen molar-refractivity contribution in [2.75, 3.05) is 13.1 Å². The third kappa shape index (κ3) is 2.01. The van der Waals surface area contributed by atoms with Gasteiger partial charge in [0.15, 0.2) is 5.75 Å². The van der Waals surface area contributed by atoms with E-state index in [4.69, 9.17) is 4.74 Å². The Labute approximate surface area is 83.7 Å². The quantitative estimate of drug-likeness (QED) is 0.776. The van der Waals surface area contributed by atoms with Crippen LogP contribution in [-0.2, 0) is 0 Å². The average Bonchev–Trinajstić information content (AvgIpc) is 2.12. The number of nitrogens with one attached hydrogen (secondary N) is 1. The summed E-state index contributed by atoms with van der Waals surface area (Å²) in [5.41, 5.74) is 0. The highest BCUT2D eigenvalue weighted by Crippen LogP contribution is 2.14. The molecule has 1 aliphatic heterocycles. The summed E-state index contributed by atoms with van der Waals surface area (Å²) in [5, 5.41) is 3.15. The number of hydrogen-bond acceptors (Lipinski definition) is 4. The van der Waals surface area contributed by atoms with E-state index in [1.54, 1.807) is 12.4 Å². The maximum Gasteiger partial charge on any atom is 0.156 e.